The summed E-state index contributed by atoms with van der Waals surface area (Å²) in [6, 6.07) is 12.7. The predicted octanol–water partition coefficient (Wildman–Crippen LogP) is 4.31. The summed E-state index contributed by atoms with van der Waals surface area (Å²) in [5, 5.41) is 3.08. The lowest BCUT2D eigenvalue weighted by Gasteiger charge is -2.07. The van der Waals surface area contributed by atoms with Gasteiger partial charge in [0.05, 0.1) is 17.6 Å². The number of carbonyl (C=O) groups excluding carboxylic acids is 2. The average Bonchev–Trinajstić information content (AvgIpc) is 2.68. The Hall–Kier alpha value is -3.41. The van der Waals surface area contributed by atoms with Gasteiger partial charge in [-0.3, -0.25) is 9.59 Å². The number of rotatable bonds is 6. The molecule has 0 aliphatic rings. The van der Waals surface area contributed by atoms with Gasteiger partial charge in [-0.1, -0.05) is 19.4 Å². The Morgan fingerprint density at radius 2 is 1.82 bits per heavy atom. The predicted molar refractivity (Wildman–Crippen MR) is 107 cm³/mol. The van der Waals surface area contributed by atoms with Crippen molar-refractivity contribution in [1.29, 1.82) is 0 Å². The molecule has 0 atom stereocenters. The number of esters is 1. The average molecular weight is 379 g/mol. The number of unbranched alkanes of at least 4 members (excludes halogenated alkanes) is 1. The van der Waals surface area contributed by atoms with Crippen LogP contribution in [-0.4, -0.2) is 18.5 Å². The molecule has 6 nitrogen and oxygen atoms in total. The van der Waals surface area contributed by atoms with E-state index in [0.717, 1.165) is 18.4 Å². The number of hydrogen-bond donors (Lipinski definition) is 1. The fourth-order valence-corrected chi connectivity index (χ4v) is 2.65. The van der Waals surface area contributed by atoms with E-state index < -0.39 is 11.9 Å². The van der Waals surface area contributed by atoms with Gasteiger partial charge in [0.15, 0.2) is 11.2 Å². The van der Waals surface area contributed by atoms with Crippen molar-refractivity contribution in [3.8, 4) is 0 Å². The van der Waals surface area contributed by atoms with Gasteiger partial charge in [-0.05, 0) is 55.3 Å². The lowest BCUT2D eigenvalue weighted by molar-refractivity contribution is 0.0499. The standard InChI is InChI=1S/C22H21NO5/c1-3-4-11-27-22(26)15-6-8-16(9-7-15)23-21(25)20-13-18(24)17-10-5-14(2)12-19(17)28-20/h5-10,12-13H,3-4,11H2,1-2H3,(H,23,25). The summed E-state index contributed by atoms with van der Waals surface area (Å²) in [4.78, 5) is 36.6. The second-order valence-electron chi connectivity index (χ2n) is 6.50. The third kappa shape index (κ3) is 4.46. The monoisotopic (exact) mass is 379 g/mol. The highest BCUT2D eigenvalue weighted by atomic mass is 16.5. The lowest BCUT2D eigenvalue weighted by Crippen LogP contribution is -2.15. The number of fused-ring (bicyclic) bond motifs is 1. The van der Waals surface area contributed by atoms with Crippen LogP contribution in [0.4, 0.5) is 5.69 Å². The second-order valence-corrected chi connectivity index (χ2v) is 6.50. The van der Waals surface area contributed by atoms with Crippen molar-refractivity contribution in [3.63, 3.8) is 0 Å². The molecule has 0 fully saturated rings. The van der Waals surface area contributed by atoms with Gasteiger partial charge in [-0.25, -0.2) is 4.79 Å². The van der Waals surface area contributed by atoms with E-state index >= 15 is 0 Å². The molecular formula is C22H21NO5. The van der Waals surface area contributed by atoms with Gasteiger partial charge in [-0.15, -0.1) is 0 Å². The maximum absolute atomic E-state index is 12.5. The van der Waals surface area contributed by atoms with Crippen molar-refractivity contribution < 1.29 is 18.7 Å². The molecule has 1 amide bonds. The van der Waals surface area contributed by atoms with Gasteiger partial charge in [0.25, 0.3) is 5.91 Å². The molecule has 0 saturated carbocycles. The number of carbonyl (C=O) groups is 2. The molecule has 1 aromatic heterocycles. The van der Waals surface area contributed by atoms with Crippen molar-refractivity contribution in [3.05, 3.63) is 75.6 Å². The molecule has 0 spiro atoms. The van der Waals surface area contributed by atoms with Crippen LogP contribution in [-0.2, 0) is 4.74 Å². The molecule has 0 saturated heterocycles. The van der Waals surface area contributed by atoms with Crippen molar-refractivity contribution in [2.75, 3.05) is 11.9 Å². The molecule has 2 aromatic carbocycles. The van der Waals surface area contributed by atoms with Gasteiger partial charge < -0.3 is 14.5 Å². The first-order valence-electron chi connectivity index (χ1n) is 9.11. The molecule has 1 heterocycles. The van der Waals surface area contributed by atoms with E-state index in [4.69, 9.17) is 9.15 Å². The SMILES string of the molecule is CCCCOC(=O)c1ccc(NC(=O)c2cc(=O)c3ccc(C)cc3o2)cc1. The van der Waals surface area contributed by atoms with Crippen LogP contribution in [0, 0.1) is 6.92 Å². The quantitative estimate of drug-likeness (QED) is 0.509. The number of benzene rings is 2. The van der Waals surface area contributed by atoms with Gasteiger partial charge in [0.1, 0.15) is 5.58 Å². The maximum atomic E-state index is 12.5. The molecule has 0 aliphatic heterocycles. The minimum Gasteiger partial charge on any atom is -0.462 e. The van der Waals surface area contributed by atoms with E-state index in [0.29, 0.717) is 28.8 Å². The molecule has 6 heteroatoms. The zero-order valence-corrected chi connectivity index (χ0v) is 15.8. The van der Waals surface area contributed by atoms with E-state index in [-0.39, 0.29) is 11.2 Å². The Morgan fingerprint density at radius 3 is 2.54 bits per heavy atom. The smallest absolute Gasteiger partial charge is 0.338 e. The van der Waals surface area contributed by atoms with Crippen molar-refractivity contribution in [2.45, 2.75) is 26.7 Å². The maximum Gasteiger partial charge on any atom is 0.338 e. The number of nitrogens with one attached hydrogen (secondary N) is 1. The Balaban J connectivity index is 1.73. The van der Waals surface area contributed by atoms with Crippen LogP contribution < -0.4 is 10.7 Å². The molecule has 3 rings (SSSR count). The summed E-state index contributed by atoms with van der Waals surface area (Å²) >= 11 is 0. The van der Waals surface area contributed by atoms with Crippen LogP contribution in [0.5, 0.6) is 0 Å². The largest absolute Gasteiger partial charge is 0.462 e. The summed E-state index contributed by atoms with van der Waals surface area (Å²) in [6.45, 7) is 4.28. The zero-order valence-electron chi connectivity index (χ0n) is 15.8. The molecule has 0 aliphatic carbocycles. The van der Waals surface area contributed by atoms with E-state index in [1.807, 2.05) is 19.9 Å². The van der Waals surface area contributed by atoms with Crippen LogP contribution >= 0.6 is 0 Å². The normalized spacial score (nSPS) is 10.6. The van der Waals surface area contributed by atoms with Crippen molar-refractivity contribution in [1.82, 2.24) is 0 Å². The molecule has 0 unspecified atom stereocenters. The highest BCUT2D eigenvalue weighted by Crippen LogP contribution is 2.16. The van der Waals surface area contributed by atoms with E-state index in [1.54, 1.807) is 36.4 Å². The fourth-order valence-electron chi connectivity index (χ4n) is 2.65. The Morgan fingerprint density at radius 1 is 1.07 bits per heavy atom. The molecule has 1 N–H and O–H groups in total. The first kappa shape index (κ1) is 19.4. The number of aryl methyl sites for hydroxylation is 1. The molecule has 0 radical (unpaired) electrons. The number of hydrogen-bond acceptors (Lipinski definition) is 5. The van der Waals surface area contributed by atoms with Gasteiger partial charge >= 0.3 is 5.97 Å². The highest BCUT2D eigenvalue weighted by molar-refractivity contribution is 6.03. The van der Waals surface area contributed by atoms with Gasteiger partial charge in [0.2, 0.25) is 0 Å². The third-order valence-electron chi connectivity index (χ3n) is 4.22. The fraction of sp³-hybridized carbons (Fsp3) is 0.227. The summed E-state index contributed by atoms with van der Waals surface area (Å²) in [5.74, 6) is -1.02. The summed E-state index contributed by atoms with van der Waals surface area (Å²) in [7, 11) is 0. The van der Waals surface area contributed by atoms with Gasteiger partial charge in [-0.2, -0.15) is 0 Å². The van der Waals surface area contributed by atoms with Gasteiger partial charge in [0, 0.05) is 11.8 Å². The Labute approximate surface area is 162 Å². The first-order valence-corrected chi connectivity index (χ1v) is 9.11. The third-order valence-corrected chi connectivity index (χ3v) is 4.22. The summed E-state index contributed by atoms with van der Waals surface area (Å²) < 4.78 is 10.7. The minimum atomic E-state index is -0.543. The molecule has 0 bridgehead atoms. The number of ether oxygens (including phenoxy) is 1. The van der Waals surface area contributed by atoms with Crippen LogP contribution in [0.1, 0.15) is 46.2 Å². The summed E-state index contributed by atoms with van der Waals surface area (Å²) in [6.07, 6.45) is 1.76. The Bertz CT molecular complexity index is 1070. The van der Waals surface area contributed by atoms with Crippen LogP contribution in [0.25, 0.3) is 11.0 Å². The van der Waals surface area contributed by atoms with Crippen LogP contribution in [0.3, 0.4) is 0 Å². The van der Waals surface area contributed by atoms with Crippen molar-refractivity contribution in [2.24, 2.45) is 0 Å². The lowest BCUT2D eigenvalue weighted by atomic mass is 10.1. The number of amides is 1. The molecule has 3 aromatic rings. The van der Waals surface area contributed by atoms with Crippen LogP contribution in [0.15, 0.2) is 57.7 Å². The number of anilines is 1. The van der Waals surface area contributed by atoms with Crippen LogP contribution in [0.2, 0.25) is 0 Å². The first-order chi connectivity index (χ1) is 13.5. The van der Waals surface area contributed by atoms with E-state index in [2.05, 4.69) is 5.32 Å². The topological polar surface area (TPSA) is 85.6 Å². The molecule has 28 heavy (non-hydrogen) atoms. The zero-order chi connectivity index (χ0) is 20.1. The van der Waals surface area contributed by atoms with E-state index in [9.17, 15) is 14.4 Å². The summed E-state index contributed by atoms with van der Waals surface area (Å²) in [5.41, 5.74) is 1.89. The highest BCUT2D eigenvalue weighted by Gasteiger charge is 2.13. The molecular weight excluding hydrogens is 358 g/mol. The molecule has 144 valence electrons. The Kier molecular flexibility index (Phi) is 5.89. The minimum absolute atomic E-state index is 0.0776. The second kappa shape index (κ2) is 8.52. The van der Waals surface area contributed by atoms with E-state index in [1.165, 1.54) is 6.07 Å². The van der Waals surface area contributed by atoms with Crippen molar-refractivity contribution >= 4 is 28.5 Å².